The average Bonchev–Trinajstić information content (AvgIpc) is 2.68. The highest BCUT2D eigenvalue weighted by Gasteiger charge is 2.16. The van der Waals surface area contributed by atoms with E-state index in [2.05, 4.69) is 15.7 Å². The Bertz CT molecular complexity index is 813. The summed E-state index contributed by atoms with van der Waals surface area (Å²) in [4.78, 5) is 2.69. The molecule has 0 radical (unpaired) electrons. The highest BCUT2D eigenvalue weighted by Crippen LogP contribution is 2.18. The number of sulfonamides is 1. The first-order chi connectivity index (χ1) is 12.6. The van der Waals surface area contributed by atoms with Gasteiger partial charge in [-0.2, -0.15) is 0 Å². The van der Waals surface area contributed by atoms with Crippen molar-refractivity contribution in [3.63, 3.8) is 0 Å². The summed E-state index contributed by atoms with van der Waals surface area (Å²) < 4.78 is 32.9. The highest BCUT2D eigenvalue weighted by molar-refractivity contribution is 7.89. The number of ether oxygens (including phenoxy) is 1. The minimum Gasteiger partial charge on any atom is -0.497 e. The fraction of sp³-hybridized carbons (Fsp3) is 0.400. The third kappa shape index (κ3) is 4.84. The molecule has 26 heavy (non-hydrogen) atoms. The molecule has 0 amide bonds. The molecule has 1 N–H and O–H groups in total. The number of methoxy groups -OCH3 is 1. The van der Waals surface area contributed by atoms with Crippen LogP contribution in [0.4, 0.5) is 0 Å². The lowest BCUT2D eigenvalue weighted by Gasteiger charge is -2.27. The van der Waals surface area contributed by atoms with Gasteiger partial charge in [0.15, 0.2) is 0 Å². The highest BCUT2D eigenvalue weighted by atomic mass is 32.2. The normalized spacial score (nSPS) is 15.7. The van der Waals surface area contributed by atoms with Gasteiger partial charge in [-0.1, -0.05) is 30.7 Å². The summed E-state index contributed by atoms with van der Waals surface area (Å²) in [7, 11) is -2.00. The molecular formula is C20H26N2O3S. The molecular weight excluding hydrogens is 348 g/mol. The van der Waals surface area contributed by atoms with E-state index in [1.54, 1.807) is 31.4 Å². The second kappa shape index (κ2) is 8.66. The molecule has 6 heteroatoms. The van der Waals surface area contributed by atoms with Crippen LogP contribution in [0.2, 0.25) is 0 Å². The Kier molecular flexibility index (Phi) is 6.29. The van der Waals surface area contributed by atoms with E-state index in [0.29, 0.717) is 12.3 Å². The zero-order valence-electron chi connectivity index (χ0n) is 15.1. The molecule has 1 aliphatic heterocycles. The summed E-state index contributed by atoms with van der Waals surface area (Å²) in [5.41, 5.74) is 2.21. The second-order valence-corrected chi connectivity index (χ2v) is 8.37. The van der Waals surface area contributed by atoms with Gasteiger partial charge in [0.2, 0.25) is 10.0 Å². The van der Waals surface area contributed by atoms with Crippen LogP contribution in [0.15, 0.2) is 53.4 Å². The molecule has 2 aromatic rings. The van der Waals surface area contributed by atoms with Crippen LogP contribution < -0.4 is 9.46 Å². The topological polar surface area (TPSA) is 58.6 Å². The van der Waals surface area contributed by atoms with Gasteiger partial charge in [0, 0.05) is 13.1 Å². The summed E-state index contributed by atoms with van der Waals surface area (Å²) in [5, 5.41) is 0. The molecule has 0 saturated carbocycles. The lowest BCUT2D eigenvalue weighted by Crippen LogP contribution is -2.30. The molecule has 0 aliphatic carbocycles. The van der Waals surface area contributed by atoms with Crippen molar-refractivity contribution in [2.75, 3.05) is 20.2 Å². The molecule has 5 nitrogen and oxygen atoms in total. The first-order valence-corrected chi connectivity index (χ1v) is 10.5. The Hall–Kier alpha value is -1.89. The zero-order chi connectivity index (χ0) is 18.4. The van der Waals surface area contributed by atoms with E-state index in [1.807, 2.05) is 18.2 Å². The lowest BCUT2D eigenvalue weighted by molar-refractivity contribution is 0.220. The number of nitrogens with zero attached hydrogens (tertiary/aromatic N) is 1. The van der Waals surface area contributed by atoms with Gasteiger partial charge < -0.3 is 4.74 Å². The SMILES string of the molecule is COc1ccc(S(=O)(=O)NCc2ccccc2CN2CCCCC2)cc1. The van der Waals surface area contributed by atoms with Crippen molar-refractivity contribution >= 4 is 10.0 Å². The summed E-state index contributed by atoms with van der Waals surface area (Å²) >= 11 is 0. The fourth-order valence-electron chi connectivity index (χ4n) is 3.25. The molecule has 0 bridgehead atoms. The van der Waals surface area contributed by atoms with Crippen molar-refractivity contribution in [3.05, 3.63) is 59.7 Å². The van der Waals surface area contributed by atoms with E-state index in [-0.39, 0.29) is 4.90 Å². The predicted octanol–water partition coefficient (Wildman–Crippen LogP) is 3.16. The third-order valence-electron chi connectivity index (χ3n) is 4.78. The van der Waals surface area contributed by atoms with Crippen molar-refractivity contribution in [1.82, 2.24) is 9.62 Å². The molecule has 0 atom stereocenters. The van der Waals surface area contributed by atoms with Gasteiger partial charge in [-0.25, -0.2) is 13.1 Å². The van der Waals surface area contributed by atoms with Crippen LogP contribution in [0.25, 0.3) is 0 Å². The Balaban J connectivity index is 1.68. The molecule has 1 fully saturated rings. The van der Waals surface area contributed by atoms with Crippen molar-refractivity contribution in [2.24, 2.45) is 0 Å². The van der Waals surface area contributed by atoms with Crippen LogP contribution in [0.3, 0.4) is 0 Å². The minimum absolute atomic E-state index is 0.242. The van der Waals surface area contributed by atoms with Crippen LogP contribution in [0, 0.1) is 0 Å². The second-order valence-electron chi connectivity index (χ2n) is 6.61. The summed E-state index contributed by atoms with van der Waals surface area (Å²) in [5.74, 6) is 0.635. The maximum absolute atomic E-state index is 12.5. The minimum atomic E-state index is -3.55. The largest absolute Gasteiger partial charge is 0.497 e. The first kappa shape index (κ1) is 18.9. The van der Waals surface area contributed by atoms with Crippen LogP contribution in [0.5, 0.6) is 5.75 Å². The van der Waals surface area contributed by atoms with Crippen molar-refractivity contribution in [3.8, 4) is 5.75 Å². The number of piperidine rings is 1. The van der Waals surface area contributed by atoms with Crippen molar-refractivity contribution < 1.29 is 13.2 Å². The van der Waals surface area contributed by atoms with E-state index in [9.17, 15) is 8.42 Å². The van der Waals surface area contributed by atoms with Crippen molar-refractivity contribution in [2.45, 2.75) is 37.2 Å². The van der Waals surface area contributed by atoms with Gasteiger partial charge in [-0.3, -0.25) is 4.90 Å². The molecule has 0 aromatic heterocycles. The summed E-state index contributed by atoms with van der Waals surface area (Å²) in [6.07, 6.45) is 3.79. The molecule has 1 aliphatic rings. The Morgan fingerprint density at radius 2 is 1.62 bits per heavy atom. The number of likely N-dealkylation sites (tertiary alicyclic amines) is 1. The van der Waals surface area contributed by atoms with Gasteiger partial charge in [0.05, 0.1) is 12.0 Å². The smallest absolute Gasteiger partial charge is 0.240 e. The van der Waals surface area contributed by atoms with E-state index in [0.717, 1.165) is 25.2 Å². The summed E-state index contributed by atoms with van der Waals surface area (Å²) in [6, 6.07) is 14.5. The number of hydrogen-bond acceptors (Lipinski definition) is 4. The number of hydrogen-bond donors (Lipinski definition) is 1. The Morgan fingerprint density at radius 1 is 0.962 bits per heavy atom. The number of rotatable bonds is 7. The standard InChI is InChI=1S/C20H26N2O3S/c1-25-19-9-11-20(12-10-19)26(23,24)21-15-17-7-3-4-8-18(17)16-22-13-5-2-6-14-22/h3-4,7-12,21H,2,5-6,13-16H2,1H3. The van der Waals surface area contributed by atoms with Crippen LogP contribution >= 0.6 is 0 Å². The van der Waals surface area contributed by atoms with E-state index < -0.39 is 10.0 Å². The fourth-order valence-corrected chi connectivity index (χ4v) is 4.26. The van der Waals surface area contributed by atoms with Crippen molar-refractivity contribution in [1.29, 1.82) is 0 Å². The molecule has 2 aromatic carbocycles. The Labute approximate surface area is 156 Å². The number of nitrogens with one attached hydrogen (secondary N) is 1. The van der Waals surface area contributed by atoms with E-state index in [1.165, 1.54) is 24.8 Å². The molecule has 0 unspecified atom stereocenters. The summed E-state index contributed by atoms with van der Waals surface area (Å²) in [6.45, 7) is 3.40. The molecule has 3 rings (SSSR count). The monoisotopic (exact) mass is 374 g/mol. The van der Waals surface area contributed by atoms with Gasteiger partial charge in [0.1, 0.15) is 5.75 Å². The van der Waals surface area contributed by atoms with Crippen LogP contribution in [0.1, 0.15) is 30.4 Å². The van der Waals surface area contributed by atoms with E-state index >= 15 is 0 Å². The molecule has 0 spiro atoms. The van der Waals surface area contributed by atoms with Gasteiger partial charge in [-0.05, 0) is 61.3 Å². The quantitative estimate of drug-likeness (QED) is 0.809. The Morgan fingerprint density at radius 3 is 2.27 bits per heavy atom. The molecule has 140 valence electrons. The van der Waals surface area contributed by atoms with Gasteiger partial charge >= 0.3 is 0 Å². The molecule has 1 heterocycles. The zero-order valence-corrected chi connectivity index (χ0v) is 16.0. The molecule has 1 saturated heterocycles. The maximum atomic E-state index is 12.5. The van der Waals surface area contributed by atoms with Crippen LogP contribution in [-0.2, 0) is 23.1 Å². The third-order valence-corrected chi connectivity index (χ3v) is 6.20. The van der Waals surface area contributed by atoms with Gasteiger partial charge in [-0.15, -0.1) is 0 Å². The first-order valence-electron chi connectivity index (χ1n) is 9.01. The van der Waals surface area contributed by atoms with E-state index in [4.69, 9.17) is 4.74 Å². The van der Waals surface area contributed by atoms with Crippen LogP contribution in [-0.4, -0.2) is 33.5 Å². The maximum Gasteiger partial charge on any atom is 0.240 e. The predicted molar refractivity (Wildman–Crippen MR) is 103 cm³/mol. The lowest BCUT2D eigenvalue weighted by atomic mass is 10.1. The number of benzene rings is 2. The average molecular weight is 375 g/mol. The van der Waals surface area contributed by atoms with Gasteiger partial charge in [0.25, 0.3) is 0 Å².